The summed E-state index contributed by atoms with van der Waals surface area (Å²) in [4.78, 5) is 4.28. The number of nitrogens with zero attached hydrogens (tertiary/aromatic N) is 1. The first-order valence-corrected chi connectivity index (χ1v) is 9.97. The number of benzene rings is 1. The van der Waals surface area contributed by atoms with Crippen molar-refractivity contribution >= 4 is 29.9 Å². The number of aliphatic imine (C=N–C) groups is 1. The molecule has 0 amide bonds. The molecule has 0 spiro atoms. The van der Waals surface area contributed by atoms with Crippen molar-refractivity contribution in [2.24, 2.45) is 10.9 Å². The van der Waals surface area contributed by atoms with Crippen LogP contribution in [0.2, 0.25) is 0 Å². The lowest BCUT2D eigenvalue weighted by atomic mass is 10.1. The summed E-state index contributed by atoms with van der Waals surface area (Å²) in [6.07, 6.45) is 2.52. The lowest BCUT2D eigenvalue weighted by Gasteiger charge is -2.19. The normalized spacial score (nSPS) is 17.9. The topological polar surface area (TPSA) is 64.1 Å². The van der Waals surface area contributed by atoms with Crippen molar-refractivity contribution < 1.29 is 14.2 Å². The standard InChI is InChI=1S/C21H35N3O3.HI/c1-16(2)14-27-19-9-7-18(8-10-19)17(3)24-21(22-4)23-11-13-25-15-20-6-5-12-26-20;/h7-10,16-17,20H,5-6,11-15H2,1-4H3,(H2,22,23,24);1H. The average molecular weight is 505 g/mol. The van der Waals surface area contributed by atoms with Gasteiger partial charge in [-0.15, -0.1) is 24.0 Å². The number of hydrogen-bond donors (Lipinski definition) is 2. The van der Waals surface area contributed by atoms with Gasteiger partial charge in [0.2, 0.25) is 0 Å². The van der Waals surface area contributed by atoms with E-state index < -0.39 is 0 Å². The number of nitrogens with one attached hydrogen (secondary N) is 2. The van der Waals surface area contributed by atoms with E-state index in [1.54, 1.807) is 7.05 Å². The predicted molar refractivity (Wildman–Crippen MR) is 125 cm³/mol. The molecule has 1 aliphatic rings. The maximum absolute atomic E-state index is 5.74. The minimum atomic E-state index is 0. The van der Waals surface area contributed by atoms with E-state index >= 15 is 0 Å². The van der Waals surface area contributed by atoms with Crippen molar-refractivity contribution in [2.75, 3.05) is 40.0 Å². The molecule has 160 valence electrons. The zero-order valence-electron chi connectivity index (χ0n) is 17.6. The van der Waals surface area contributed by atoms with E-state index in [9.17, 15) is 0 Å². The third kappa shape index (κ3) is 9.43. The van der Waals surface area contributed by atoms with E-state index in [-0.39, 0.29) is 36.1 Å². The van der Waals surface area contributed by atoms with Gasteiger partial charge in [-0.3, -0.25) is 4.99 Å². The van der Waals surface area contributed by atoms with Crippen molar-refractivity contribution in [2.45, 2.75) is 45.8 Å². The Bertz CT molecular complexity index is 561. The third-order valence-electron chi connectivity index (χ3n) is 4.41. The molecule has 2 rings (SSSR count). The second-order valence-electron chi connectivity index (χ2n) is 7.35. The van der Waals surface area contributed by atoms with Crippen molar-refractivity contribution in [1.82, 2.24) is 10.6 Å². The van der Waals surface area contributed by atoms with Gasteiger partial charge >= 0.3 is 0 Å². The average Bonchev–Trinajstić information content (AvgIpc) is 3.19. The monoisotopic (exact) mass is 505 g/mol. The van der Waals surface area contributed by atoms with E-state index in [2.05, 4.69) is 48.5 Å². The van der Waals surface area contributed by atoms with Crippen LogP contribution < -0.4 is 15.4 Å². The number of ether oxygens (including phenoxy) is 3. The smallest absolute Gasteiger partial charge is 0.191 e. The van der Waals surface area contributed by atoms with Gasteiger partial charge in [0.25, 0.3) is 0 Å². The zero-order chi connectivity index (χ0) is 19.5. The predicted octanol–water partition coefficient (Wildman–Crippen LogP) is 3.76. The first kappa shape index (κ1) is 25.0. The fraction of sp³-hybridized carbons (Fsp3) is 0.667. The van der Waals surface area contributed by atoms with Gasteiger partial charge in [-0.1, -0.05) is 26.0 Å². The molecule has 0 radical (unpaired) electrons. The summed E-state index contributed by atoms with van der Waals surface area (Å²) in [5.41, 5.74) is 1.18. The van der Waals surface area contributed by atoms with E-state index in [1.807, 2.05) is 12.1 Å². The Morgan fingerprint density at radius 1 is 1.25 bits per heavy atom. The van der Waals surface area contributed by atoms with Crippen molar-refractivity contribution in [3.63, 3.8) is 0 Å². The quantitative estimate of drug-likeness (QED) is 0.220. The fourth-order valence-electron chi connectivity index (χ4n) is 2.83. The highest BCUT2D eigenvalue weighted by molar-refractivity contribution is 14.0. The van der Waals surface area contributed by atoms with Gasteiger partial charge in [-0.05, 0) is 43.4 Å². The van der Waals surface area contributed by atoms with Gasteiger partial charge in [-0.25, -0.2) is 0 Å². The molecular weight excluding hydrogens is 469 g/mol. The molecule has 1 heterocycles. The molecule has 2 N–H and O–H groups in total. The highest BCUT2D eigenvalue weighted by Crippen LogP contribution is 2.18. The van der Waals surface area contributed by atoms with Gasteiger partial charge in [0.15, 0.2) is 5.96 Å². The van der Waals surface area contributed by atoms with Crippen LogP contribution in [0.3, 0.4) is 0 Å². The minimum absolute atomic E-state index is 0. The number of halogens is 1. The molecule has 2 unspecified atom stereocenters. The zero-order valence-corrected chi connectivity index (χ0v) is 19.9. The van der Waals surface area contributed by atoms with E-state index in [4.69, 9.17) is 14.2 Å². The van der Waals surface area contributed by atoms with Crippen LogP contribution in [-0.2, 0) is 9.47 Å². The second kappa shape index (κ2) is 14.0. The number of hydrogen-bond acceptors (Lipinski definition) is 4. The van der Waals surface area contributed by atoms with E-state index in [1.165, 1.54) is 5.56 Å². The summed E-state index contributed by atoms with van der Waals surface area (Å²) >= 11 is 0. The van der Waals surface area contributed by atoms with E-state index in [0.717, 1.165) is 37.8 Å². The third-order valence-corrected chi connectivity index (χ3v) is 4.41. The lowest BCUT2D eigenvalue weighted by Crippen LogP contribution is -2.40. The summed E-state index contributed by atoms with van der Waals surface area (Å²) in [7, 11) is 1.78. The highest BCUT2D eigenvalue weighted by Gasteiger charge is 2.15. The highest BCUT2D eigenvalue weighted by atomic mass is 127. The molecule has 0 saturated carbocycles. The molecule has 0 aliphatic carbocycles. The lowest BCUT2D eigenvalue weighted by molar-refractivity contribution is 0.0191. The molecular formula is C21H36IN3O3. The van der Waals surface area contributed by atoms with Crippen LogP contribution in [0.25, 0.3) is 0 Å². The summed E-state index contributed by atoms with van der Waals surface area (Å²) in [6, 6.07) is 8.36. The summed E-state index contributed by atoms with van der Waals surface area (Å²) < 4.78 is 17.0. The molecule has 7 heteroatoms. The number of guanidine groups is 1. The van der Waals surface area contributed by atoms with Gasteiger partial charge in [0, 0.05) is 20.2 Å². The molecule has 28 heavy (non-hydrogen) atoms. The molecule has 1 aromatic rings. The maximum atomic E-state index is 5.74. The minimum Gasteiger partial charge on any atom is -0.493 e. The Kier molecular flexibility index (Phi) is 12.5. The first-order chi connectivity index (χ1) is 13.1. The van der Waals surface area contributed by atoms with Crippen molar-refractivity contribution in [3.8, 4) is 5.75 Å². The molecule has 2 atom stereocenters. The molecule has 0 bridgehead atoms. The van der Waals surface area contributed by atoms with Gasteiger partial charge in [0.1, 0.15) is 5.75 Å². The molecule has 1 aromatic carbocycles. The van der Waals surface area contributed by atoms with Crippen LogP contribution >= 0.6 is 24.0 Å². The summed E-state index contributed by atoms with van der Waals surface area (Å²) in [5, 5.41) is 6.69. The Hall–Kier alpha value is -1.06. The van der Waals surface area contributed by atoms with Gasteiger partial charge in [-0.2, -0.15) is 0 Å². The van der Waals surface area contributed by atoms with Crippen LogP contribution in [-0.4, -0.2) is 52.1 Å². The number of rotatable bonds is 10. The maximum Gasteiger partial charge on any atom is 0.191 e. The van der Waals surface area contributed by atoms with Crippen LogP contribution in [0.1, 0.15) is 45.2 Å². The van der Waals surface area contributed by atoms with Crippen molar-refractivity contribution in [3.05, 3.63) is 29.8 Å². The van der Waals surface area contributed by atoms with E-state index in [0.29, 0.717) is 25.7 Å². The molecule has 6 nitrogen and oxygen atoms in total. The largest absolute Gasteiger partial charge is 0.493 e. The Morgan fingerprint density at radius 2 is 2.00 bits per heavy atom. The van der Waals surface area contributed by atoms with Crippen LogP contribution in [0.15, 0.2) is 29.3 Å². The fourth-order valence-corrected chi connectivity index (χ4v) is 2.83. The molecule has 1 saturated heterocycles. The van der Waals surface area contributed by atoms with Gasteiger partial charge in [0.05, 0.1) is 32.0 Å². The Balaban J connectivity index is 0.00000392. The van der Waals surface area contributed by atoms with Crippen molar-refractivity contribution in [1.29, 1.82) is 0 Å². The molecule has 0 aromatic heterocycles. The summed E-state index contributed by atoms with van der Waals surface area (Å²) in [5.74, 6) is 2.20. The van der Waals surface area contributed by atoms with Crippen LogP contribution in [0.5, 0.6) is 5.75 Å². The Labute approximate surface area is 186 Å². The van der Waals surface area contributed by atoms with Crippen LogP contribution in [0.4, 0.5) is 0 Å². The van der Waals surface area contributed by atoms with Gasteiger partial charge < -0.3 is 24.8 Å². The Morgan fingerprint density at radius 3 is 2.61 bits per heavy atom. The second-order valence-corrected chi connectivity index (χ2v) is 7.35. The SMILES string of the molecule is CN=C(NCCOCC1CCCO1)NC(C)c1ccc(OCC(C)C)cc1.I. The van der Waals surface area contributed by atoms with Crippen LogP contribution in [0, 0.1) is 5.92 Å². The summed E-state index contributed by atoms with van der Waals surface area (Å²) in [6.45, 7) is 10.0. The first-order valence-electron chi connectivity index (χ1n) is 9.97. The molecule has 1 aliphatic heterocycles. The molecule has 1 fully saturated rings.